The van der Waals surface area contributed by atoms with Crippen molar-refractivity contribution in [2.45, 2.75) is 31.5 Å². The minimum Gasteiger partial charge on any atom is -0.386 e. The highest BCUT2D eigenvalue weighted by atomic mass is 16.5. The molecular weight excluding hydrogens is 216 g/mol. The van der Waals surface area contributed by atoms with E-state index in [9.17, 15) is 5.11 Å². The van der Waals surface area contributed by atoms with Gasteiger partial charge in [0.05, 0.1) is 19.3 Å². The van der Waals surface area contributed by atoms with Crippen molar-refractivity contribution in [2.75, 3.05) is 20.3 Å². The van der Waals surface area contributed by atoms with Crippen LogP contribution in [0, 0.1) is 0 Å². The number of methoxy groups -OCH3 is 1. The van der Waals surface area contributed by atoms with Gasteiger partial charge in [-0.3, -0.25) is 0 Å². The highest BCUT2D eigenvalue weighted by Gasteiger charge is 2.26. The standard InChI is InChI=1S/C14H20O3/c1-16-9-10-17-13-8-4-6-11-5-2-3-7-12(11)14(13)15/h2-3,5,7,13-15H,4,6,8-10H2,1H3. The smallest absolute Gasteiger partial charge is 0.105 e. The number of hydrogen-bond donors (Lipinski definition) is 1. The van der Waals surface area contributed by atoms with Crippen LogP contribution in [-0.4, -0.2) is 31.5 Å². The predicted molar refractivity (Wildman–Crippen MR) is 66.0 cm³/mol. The predicted octanol–water partition coefficient (Wildman–Crippen LogP) is 2.09. The van der Waals surface area contributed by atoms with Gasteiger partial charge in [-0.25, -0.2) is 0 Å². The fourth-order valence-corrected chi connectivity index (χ4v) is 2.36. The molecule has 17 heavy (non-hydrogen) atoms. The summed E-state index contributed by atoms with van der Waals surface area (Å²) in [4.78, 5) is 0. The first-order valence-corrected chi connectivity index (χ1v) is 6.19. The molecule has 0 spiro atoms. The van der Waals surface area contributed by atoms with Gasteiger partial charge < -0.3 is 14.6 Å². The van der Waals surface area contributed by atoms with Crippen molar-refractivity contribution < 1.29 is 14.6 Å². The van der Waals surface area contributed by atoms with Crippen molar-refractivity contribution >= 4 is 0 Å². The lowest BCUT2D eigenvalue weighted by Gasteiger charge is -2.22. The van der Waals surface area contributed by atoms with Crippen molar-refractivity contribution in [2.24, 2.45) is 0 Å². The minimum atomic E-state index is -0.509. The van der Waals surface area contributed by atoms with Crippen LogP contribution >= 0.6 is 0 Å². The van der Waals surface area contributed by atoms with Crippen molar-refractivity contribution in [1.29, 1.82) is 0 Å². The van der Waals surface area contributed by atoms with Gasteiger partial charge in [-0.15, -0.1) is 0 Å². The molecule has 0 radical (unpaired) electrons. The zero-order valence-corrected chi connectivity index (χ0v) is 10.3. The molecule has 0 aliphatic heterocycles. The fourth-order valence-electron chi connectivity index (χ4n) is 2.36. The van der Waals surface area contributed by atoms with Gasteiger partial charge in [0.25, 0.3) is 0 Å². The highest BCUT2D eigenvalue weighted by Crippen LogP contribution is 2.30. The number of fused-ring (bicyclic) bond motifs is 1. The van der Waals surface area contributed by atoms with Gasteiger partial charge in [-0.05, 0) is 30.4 Å². The molecule has 94 valence electrons. The van der Waals surface area contributed by atoms with E-state index in [-0.39, 0.29) is 6.10 Å². The monoisotopic (exact) mass is 236 g/mol. The Morgan fingerprint density at radius 2 is 2.12 bits per heavy atom. The van der Waals surface area contributed by atoms with Gasteiger partial charge in [0.2, 0.25) is 0 Å². The second kappa shape index (κ2) is 6.15. The van der Waals surface area contributed by atoms with Crippen molar-refractivity contribution in [1.82, 2.24) is 0 Å². The quantitative estimate of drug-likeness (QED) is 0.642. The summed E-state index contributed by atoms with van der Waals surface area (Å²) >= 11 is 0. The Labute approximate surface area is 102 Å². The molecule has 2 atom stereocenters. The Balaban J connectivity index is 2.06. The summed E-state index contributed by atoms with van der Waals surface area (Å²) in [5.74, 6) is 0. The molecule has 3 nitrogen and oxygen atoms in total. The summed E-state index contributed by atoms with van der Waals surface area (Å²) in [6, 6.07) is 8.09. The van der Waals surface area contributed by atoms with Crippen molar-refractivity contribution in [3.63, 3.8) is 0 Å². The number of ether oxygens (including phenoxy) is 2. The Morgan fingerprint density at radius 3 is 2.94 bits per heavy atom. The molecule has 1 N–H and O–H groups in total. The first-order chi connectivity index (χ1) is 8.33. The first kappa shape index (κ1) is 12.6. The maximum absolute atomic E-state index is 10.3. The molecule has 0 amide bonds. The second-order valence-corrected chi connectivity index (χ2v) is 4.44. The summed E-state index contributed by atoms with van der Waals surface area (Å²) < 4.78 is 10.7. The van der Waals surface area contributed by atoms with E-state index in [4.69, 9.17) is 9.47 Å². The van der Waals surface area contributed by atoms with E-state index in [1.165, 1.54) is 5.56 Å². The topological polar surface area (TPSA) is 38.7 Å². The Morgan fingerprint density at radius 1 is 1.29 bits per heavy atom. The first-order valence-electron chi connectivity index (χ1n) is 6.19. The van der Waals surface area contributed by atoms with Gasteiger partial charge in [0.15, 0.2) is 0 Å². The Bertz CT molecular complexity index is 351. The number of benzene rings is 1. The van der Waals surface area contributed by atoms with E-state index >= 15 is 0 Å². The third-order valence-corrected chi connectivity index (χ3v) is 3.28. The maximum atomic E-state index is 10.3. The average Bonchev–Trinajstić information content (AvgIpc) is 2.51. The van der Waals surface area contributed by atoms with E-state index in [2.05, 4.69) is 6.07 Å². The van der Waals surface area contributed by atoms with Gasteiger partial charge >= 0.3 is 0 Å². The van der Waals surface area contributed by atoms with Crippen molar-refractivity contribution in [3.8, 4) is 0 Å². The highest BCUT2D eigenvalue weighted by molar-refractivity contribution is 5.30. The number of aliphatic hydroxyl groups excluding tert-OH is 1. The van der Waals surface area contributed by atoms with Crippen molar-refractivity contribution in [3.05, 3.63) is 35.4 Å². The average molecular weight is 236 g/mol. The number of hydrogen-bond acceptors (Lipinski definition) is 3. The third-order valence-electron chi connectivity index (χ3n) is 3.28. The van der Waals surface area contributed by atoms with Crippen LogP contribution in [-0.2, 0) is 15.9 Å². The number of aliphatic hydroxyl groups is 1. The van der Waals surface area contributed by atoms with Crippen LogP contribution in [0.3, 0.4) is 0 Å². The van der Waals surface area contributed by atoms with Gasteiger partial charge in [0, 0.05) is 7.11 Å². The molecule has 3 heteroatoms. The summed E-state index contributed by atoms with van der Waals surface area (Å²) in [6.07, 6.45) is 2.38. The van der Waals surface area contributed by atoms with Gasteiger partial charge in [-0.1, -0.05) is 24.3 Å². The van der Waals surface area contributed by atoms with Crippen LogP contribution in [0.5, 0.6) is 0 Å². The van der Waals surface area contributed by atoms with Gasteiger partial charge in [0.1, 0.15) is 6.10 Å². The second-order valence-electron chi connectivity index (χ2n) is 4.44. The number of rotatable bonds is 4. The van der Waals surface area contributed by atoms with E-state index in [0.717, 1.165) is 24.8 Å². The van der Waals surface area contributed by atoms with E-state index < -0.39 is 6.10 Å². The molecule has 0 saturated heterocycles. The minimum absolute atomic E-state index is 0.103. The molecule has 2 rings (SSSR count). The van der Waals surface area contributed by atoms with Crippen LogP contribution in [0.1, 0.15) is 30.1 Å². The normalized spacial score (nSPS) is 24.1. The molecule has 1 aliphatic carbocycles. The SMILES string of the molecule is COCCOC1CCCc2ccccc2C1O. The summed E-state index contributed by atoms with van der Waals surface area (Å²) in [5, 5.41) is 10.3. The fraction of sp³-hybridized carbons (Fsp3) is 0.571. The van der Waals surface area contributed by atoms with E-state index in [0.29, 0.717) is 13.2 Å². The molecule has 2 unspecified atom stereocenters. The lowest BCUT2D eigenvalue weighted by Crippen LogP contribution is -2.23. The summed E-state index contributed by atoms with van der Waals surface area (Å²) in [7, 11) is 1.65. The summed E-state index contributed by atoms with van der Waals surface area (Å²) in [6.45, 7) is 1.12. The van der Waals surface area contributed by atoms with E-state index in [1.807, 2.05) is 18.2 Å². The summed E-state index contributed by atoms with van der Waals surface area (Å²) in [5.41, 5.74) is 2.27. The third kappa shape index (κ3) is 3.06. The number of aryl methyl sites for hydroxylation is 1. The molecule has 0 aromatic heterocycles. The lowest BCUT2D eigenvalue weighted by molar-refractivity contribution is -0.0555. The lowest BCUT2D eigenvalue weighted by atomic mass is 10.0. The molecule has 1 aromatic rings. The molecule has 1 aliphatic rings. The zero-order valence-electron chi connectivity index (χ0n) is 10.3. The molecular formula is C14H20O3. The Hall–Kier alpha value is -0.900. The van der Waals surface area contributed by atoms with Crippen LogP contribution < -0.4 is 0 Å². The molecule has 0 saturated carbocycles. The van der Waals surface area contributed by atoms with Crippen LogP contribution in [0.15, 0.2) is 24.3 Å². The van der Waals surface area contributed by atoms with Crippen LogP contribution in [0.2, 0.25) is 0 Å². The van der Waals surface area contributed by atoms with Gasteiger partial charge in [-0.2, -0.15) is 0 Å². The maximum Gasteiger partial charge on any atom is 0.105 e. The van der Waals surface area contributed by atoms with Crippen LogP contribution in [0.4, 0.5) is 0 Å². The zero-order chi connectivity index (χ0) is 12.1. The molecule has 1 aromatic carbocycles. The Kier molecular flexibility index (Phi) is 4.54. The molecule has 0 heterocycles. The largest absolute Gasteiger partial charge is 0.386 e. The van der Waals surface area contributed by atoms with Crippen LogP contribution in [0.25, 0.3) is 0 Å². The van der Waals surface area contributed by atoms with E-state index in [1.54, 1.807) is 7.11 Å². The molecule has 0 bridgehead atoms. The molecule has 0 fully saturated rings.